The van der Waals surface area contributed by atoms with Crippen LogP contribution in [0, 0.1) is 0 Å². The lowest BCUT2D eigenvalue weighted by molar-refractivity contribution is -0.143. The van der Waals surface area contributed by atoms with E-state index in [-0.39, 0.29) is 19.2 Å². The van der Waals surface area contributed by atoms with Gasteiger partial charge in [-0.25, -0.2) is 0 Å². The lowest BCUT2D eigenvalue weighted by Gasteiger charge is -1.97. The summed E-state index contributed by atoms with van der Waals surface area (Å²) in [7, 11) is 0. The molecular weight excluding hydrogens is 188 g/mol. The SMILES string of the molecule is CCCOC(=O)CC.OCC(O)CO. The number of hydrogen-bond donors (Lipinski definition) is 3. The maximum Gasteiger partial charge on any atom is 0.305 e. The van der Waals surface area contributed by atoms with Crippen LogP contribution in [0.25, 0.3) is 0 Å². The molecule has 0 fully saturated rings. The smallest absolute Gasteiger partial charge is 0.305 e. The molecular formula is C9H20O5. The topological polar surface area (TPSA) is 87.0 Å². The Morgan fingerprint density at radius 1 is 1.29 bits per heavy atom. The van der Waals surface area contributed by atoms with Crippen LogP contribution in [-0.4, -0.2) is 47.2 Å². The molecule has 0 saturated carbocycles. The number of carbonyl (C=O) groups excluding carboxylic acids is 1. The molecule has 0 atom stereocenters. The summed E-state index contributed by atoms with van der Waals surface area (Å²) in [6.45, 7) is 3.60. The summed E-state index contributed by atoms with van der Waals surface area (Å²) in [5, 5.41) is 24.0. The van der Waals surface area contributed by atoms with Gasteiger partial charge in [0, 0.05) is 6.42 Å². The minimum absolute atomic E-state index is 0.105. The van der Waals surface area contributed by atoms with Gasteiger partial charge in [-0.2, -0.15) is 0 Å². The zero-order valence-corrected chi connectivity index (χ0v) is 8.77. The van der Waals surface area contributed by atoms with E-state index < -0.39 is 6.10 Å². The van der Waals surface area contributed by atoms with Crippen molar-refractivity contribution in [3.63, 3.8) is 0 Å². The number of hydrogen-bond acceptors (Lipinski definition) is 5. The summed E-state index contributed by atoms with van der Waals surface area (Å²) in [6.07, 6.45) is 0.441. The summed E-state index contributed by atoms with van der Waals surface area (Å²) in [5.41, 5.74) is 0. The largest absolute Gasteiger partial charge is 0.466 e. The second-order valence-corrected chi connectivity index (χ2v) is 2.59. The maximum atomic E-state index is 10.3. The van der Waals surface area contributed by atoms with Gasteiger partial charge < -0.3 is 20.1 Å². The van der Waals surface area contributed by atoms with Crippen molar-refractivity contribution >= 4 is 5.97 Å². The minimum Gasteiger partial charge on any atom is -0.466 e. The van der Waals surface area contributed by atoms with Crippen LogP contribution in [0.3, 0.4) is 0 Å². The van der Waals surface area contributed by atoms with Gasteiger partial charge in [0.25, 0.3) is 0 Å². The number of aliphatic hydroxyl groups is 3. The first-order valence-corrected chi connectivity index (χ1v) is 4.67. The third kappa shape index (κ3) is 13.9. The van der Waals surface area contributed by atoms with E-state index >= 15 is 0 Å². The molecule has 5 nitrogen and oxygen atoms in total. The number of aliphatic hydroxyl groups excluding tert-OH is 3. The Morgan fingerprint density at radius 2 is 1.79 bits per heavy atom. The molecule has 0 aromatic carbocycles. The molecule has 0 aromatic rings. The van der Waals surface area contributed by atoms with Crippen LogP contribution in [0.2, 0.25) is 0 Å². The van der Waals surface area contributed by atoms with Crippen LogP contribution in [0.5, 0.6) is 0 Å². The van der Waals surface area contributed by atoms with Gasteiger partial charge in [-0.05, 0) is 6.42 Å². The average Bonchev–Trinajstić information content (AvgIpc) is 2.25. The fraction of sp³-hybridized carbons (Fsp3) is 0.889. The molecule has 0 amide bonds. The zero-order valence-electron chi connectivity index (χ0n) is 8.77. The van der Waals surface area contributed by atoms with E-state index in [9.17, 15) is 4.79 Å². The lowest BCUT2D eigenvalue weighted by Crippen LogP contribution is -2.15. The second kappa shape index (κ2) is 12.3. The van der Waals surface area contributed by atoms with Crippen molar-refractivity contribution in [2.75, 3.05) is 19.8 Å². The van der Waals surface area contributed by atoms with E-state index in [1.165, 1.54) is 0 Å². The minimum atomic E-state index is -0.954. The van der Waals surface area contributed by atoms with E-state index in [1.807, 2.05) is 6.92 Å². The fourth-order valence-electron chi connectivity index (χ4n) is 0.376. The molecule has 5 heteroatoms. The number of ether oxygens (including phenoxy) is 1. The predicted octanol–water partition coefficient (Wildman–Crippen LogP) is -0.318. The van der Waals surface area contributed by atoms with Gasteiger partial charge in [0.05, 0.1) is 19.8 Å². The molecule has 0 saturated heterocycles. The first kappa shape index (κ1) is 15.8. The van der Waals surface area contributed by atoms with Crippen molar-refractivity contribution < 1.29 is 24.9 Å². The Hall–Kier alpha value is -0.650. The molecule has 0 heterocycles. The Labute approximate surface area is 84.3 Å². The van der Waals surface area contributed by atoms with Gasteiger partial charge in [0.1, 0.15) is 6.10 Å². The number of carbonyl (C=O) groups is 1. The number of rotatable bonds is 5. The van der Waals surface area contributed by atoms with Crippen molar-refractivity contribution in [1.82, 2.24) is 0 Å². The highest BCUT2D eigenvalue weighted by atomic mass is 16.5. The standard InChI is InChI=1S/C6H12O2.C3H8O3/c1-3-5-8-6(7)4-2;4-1-3(6)2-5/h3-5H2,1-2H3;3-6H,1-2H2. The quantitative estimate of drug-likeness (QED) is 0.539. The number of esters is 1. The average molecular weight is 208 g/mol. The Kier molecular flexibility index (Phi) is 13.9. The summed E-state index contributed by atoms with van der Waals surface area (Å²) in [6, 6.07) is 0. The third-order valence-corrected chi connectivity index (χ3v) is 1.18. The first-order chi connectivity index (χ1) is 6.62. The second-order valence-electron chi connectivity index (χ2n) is 2.59. The van der Waals surface area contributed by atoms with E-state index in [0.29, 0.717) is 13.0 Å². The monoisotopic (exact) mass is 208 g/mol. The van der Waals surface area contributed by atoms with Gasteiger partial charge in [-0.1, -0.05) is 13.8 Å². The van der Waals surface area contributed by atoms with Crippen LogP contribution in [0.15, 0.2) is 0 Å². The van der Waals surface area contributed by atoms with Crippen LogP contribution < -0.4 is 0 Å². The molecule has 0 radical (unpaired) electrons. The van der Waals surface area contributed by atoms with Gasteiger partial charge in [-0.3, -0.25) is 4.79 Å². The zero-order chi connectivity index (χ0) is 11.4. The van der Waals surface area contributed by atoms with E-state index in [0.717, 1.165) is 6.42 Å². The highest BCUT2D eigenvalue weighted by Gasteiger charge is 1.94. The molecule has 14 heavy (non-hydrogen) atoms. The van der Waals surface area contributed by atoms with E-state index in [1.54, 1.807) is 6.92 Å². The highest BCUT2D eigenvalue weighted by molar-refractivity contribution is 5.68. The Balaban J connectivity index is 0. The predicted molar refractivity (Wildman–Crippen MR) is 51.7 cm³/mol. The molecule has 0 aliphatic rings. The molecule has 0 aromatic heterocycles. The first-order valence-electron chi connectivity index (χ1n) is 4.67. The normalized spacial score (nSPS) is 9.29. The Bertz CT molecular complexity index is 122. The van der Waals surface area contributed by atoms with E-state index in [2.05, 4.69) is 0 Å². The van der Waals surface area contributed by atoms with Crippen LogP contribution in [0.4, 0.5) is 0 Å². The molecule has 86 valence electrons. The molecule has 3 N–H and O–H groups in total. The van der Waals surface area contributed by atoms with Gasteiger partial charge in [0.2, 0.25) is 0 Å². The van der Waals surface area contributed by atoms with Gasteiger partial charge in [-0.15, -0.1) is 0 Å². The van der Waals surface area contributed by atoms with E-state index in [4.69, 9.17) is 20.1 Å². The van der Waals surface area contributed by atoms with Crippen molar-refractivity contribution in [1.29, 1.82) is 0 Å². The highest BCUT2D eigenvalue weighted by Crippen LogP contribution is 1.85. The summed E-state index contributed by atoms with van der Waals surface area (Å²) >= 11 is 0. The van der Waals surface area contributed by atoms with Crippen LogP contribution >= 0.6 is 0 Å². The van der Waals surface area contributed by atoms with Crippen LogP contribution in [-0.2, 0) is 9.53 Å². The Morgan fingerprint density at radius 3 is 2.00 bits per heavy atom. The fourth-order valence-corrected chi connectivity index (χ4v) is 0.376. The molecule has 0 spiro atoms. The summed E-state index contributed by atoms with van der Waals surface area (Å²) in [5.74, 6) is -0.105. The molecule has 0 aliphatic heterocycles. The molecule has 0 aliphatic carbocycles. The summed E-state index contributed by atoms with van der Waals surface area (Å²) < 4.78 is 4.70. The third-order valence-electron chi connectivity index (χ3n) is 1.18. The lowest BCUT2D eigenvalue weighted by atomic mass is 10.4. The molecule has 0 unspecified atom stereocenters. The van der Waals surface area contributed by atoms with Gasteiger partial charge in [0.15, 0.2) is 0 Å². The maximum absolute atomic E-state index is 10.3. The molecule has 0 bridgehead atoms. The summed E-state index contributed by atoms with van der Waals surface area (Å²) in [4.78, 5) is 10.3. The van der Waals surface area contributed by atoms with Gasteiger partial charge >= 0.3 is 5.97 Å². The van der Waals surface area contributed by atoms with Crippen molar-refractivity contribution in [3.8, 4) is 0 Å². The van der Waals surface area contributed by atoms with Crippen molar-refractivity contribution in [2.45, 2.75) is 32.8 Å². The molecule has 0 rings (SSSR count). The van der Waals surface area contributed by atoms with Crippen LogP contribution in [0.1, 0.15) is 26.7 Å². The van der Waals surface area contributed by atoms with Crippen molar-refractivity contribution in [2.24, 2.45) is 0 Å². The van der Waals surface area contributed by atoms with Crippen molar-refractivity contribution in [3.05, 3.63) is 0 Å².